The van der Waals surface area contributed by atoms with E-state index >= 15 is 0 Å². The highest BCUT2D eigenvalue weighted by Gasteiger charge is 2.48. The van der Waals surface area contributed by atoms with Crippen LogP contribution in [0.25, 0.3) is 0 Å². The Bertz CT molecular complexity index is 1130. The van der Waals surface area contributed by atoms with E-state index in [9.17, 15) is 40.3 Å². The Morgan fingerprint density at radius 3 is 2.05 bits per heavy atom. The maximum Gasteiger partial charge on any atom is 0.573 e. The first-order chi connectivity index (χ1) is 18.1. The van der Waals surface area contributed by atoms with Gasteiger partial charge in [-0.05, 0) is 56.9 Å². The van der Waals surface area contributed by atoms with Crippen LogP contribution in [0.5, 0.6) is 5.75 Å². The normalized spacial score (nSPS) is 20.4. The van der Waals surface area contributed by atoms with E-state index in [0.717, 1.165) is 30.6 Å². The molecule has 1 saturated carbocycles. The molecule has 2 atom stereocenters. The highest BCUT2D eigenvalue weighted by molar-refractivity contribution is 6.32. The van der Waals surface area contributed by atoms with Gasteiger partial charge in [0.05, 0.1) is 6.10 Å². The number of rotatable bonds is 8. The van der Waals surface area contributed by atoms with E-state index in [4.69, 9.17) is 11.6 Å². The van der Waals surface area contributed by atoms with Gasteiger partial charge in [-0.2, -0.15) is 0 Å². The van der Waals surface area contributed by atoms with Crippen molar-refractivity contribution in [2.24, 2.45) is 0 Å². The average Bonchev–Trinajstić information content (AvgIpc) is 2.84. The number of benzene rings is 1. The molecule has 1 aromatic carbocycles. The largest absolute Gasteiger partial charge is 0.573 e. The fourth-order valence-electron chi connectivity index (χ4n) is 4.25. The standard InChI is InChI=1S/C23H22ClF7N4O4/c1-21(13-10-32-12-33-11-13,20(37)34-14-2-6-16(7-3-14)38-22(26,27)28)35(19(36)18(24)25)15-4-8-17(9-5-15)39-23(29,30)31/h4-5,8-12,14,16,18H,2-3,6-7H2,1H3,(H,34,37)/t14-,16+,18-,21-/m0/s1. The molecule has 0 spiro atoms. The molecule has 8 nitrogen and oxygen atoms in total. The van der Waals surface area contributed by atoms with Crippen LogP contribution in [-0.2, 0) is 19.9 Å². The van der Waals surface area contributed by atoms with Gasteiger partial charge in [0.1, 0.15) is 12.1 Å². The number of hydrogen-bond acceptors (Lipinski definition) is 6. The minimum absolute atomic E-state index is 0.0159. The summed E-state index contributed by atoms with van der Waals surface area (Å²) >= 11 is 5.45. The predicted molar refractivity (Wildman–Crippen MR) is 122 cm³/mol. The second-order valence-electron chi connectivity index (χ2n) is 8.73. The van der Waals surface area contributed by atoms with Gasteiger partial charge in [-0.15, -0.1) is 26.3 Å². The number of aromatic nitrogens is 2. The molecule has 39 heavy (non-hydrogen) atoms. The van der Waals surface area contributed by atoms with Crippen molar-refractivity contribution in [1.82, 2.24) is 15.3 Å². The van der Waals surface area contributed by atoms with Gasteiger partial charge in [-0.1, -0.05) is 11.6 Å². The maximum absolute atomic E-state index is 14.2. The van der Waals surface area contributed by atoms with Crippen molar-refractivity contribution in [3.05, 3.63) is 48.5 Å². The van der Waals surface area contributed by atoms with Crippen LogP contribution in [0.15, 0.2) is 43.0 Å². The summed E-state index contributed by atoms with van der Waals surface area (Å²) in [5.41, 5.74) is -5.01. The number of anilines is 1. The first-order valence-corrected chi connectivity index (χ1v) is 11.8. The Morgan fingerprint density at radius 1 is 1.00 bits per heavy atom. The Labute approximate surface area is 222 Å². The maximum atomic E-state index is 14.2. The Hall–Kier alpha value is -3.20. The molecule has 0 unspecified atom stereocenters. The van der Waals surface area contributed by atoms with Crippen LogP contribution in [0.1, 0.15) is 38.2 Å². The summed E-state index contributed by atoms with van der Waals surface area (Å²) in [5, 5.41) is 2.66. The van der Waals surface area contributed by atoms with Gasteiger partial charge in [0.15, 0.2) is 5.54 Å². The lowest BCUT2D eigenvalue weighted by Gasteiger charge is -2.41. The summed E-state index contributed by atoms with van der Waals surface area (Å²) in [7, 11) is 0. The van der Waals surface area contributed by atoms with E-state index in [1.807, 2.05) is 0 Å². The van der Waals surface area contributed by atoms with E-state index in [1.54, 1.807) is 0 Å². The topological polar surface area (TPSA) is 93.6 Å². The van der Waals surface area contributed by atoms with Gasteiger partial charge < -0.3 is 10.1 Å². The van der Waals surface area contributed by atoms with Crippen molar-refractivity contribution in [3.63, 3.8) is 0 Å². The molecule has 16 heteroatoms. The zero-order chi connectivity index (χ0) is 29.0. The number of carbonyl (C=O) groups is 2. The highest BCUT2D eigenvalue weighted by atomic mass is 35.5. The van der Waals surface area contributed by atoms with Gasteiger partial charge in [0.2, 0.25) is 0 Å². The lowest BCUT2D eigenvalue weighted by atomic mass is 9.87. The quantitative estimate of drug-likeness (QED) is 0.341. The van der Waals surface area contributed by atoms with Crippen molar-refractivity contribution in [2.45, 2.75) is 68.6 Å². The van der Waals surface area contributed by atoms with Crippen molar-refractivity contribution in [2.75, 3.05) is 4.90 Å². The number of nitrogens with zero attached hydrogens (tertiary/aromatic N) is 3. The van der Waals surface area contributed by atoms with Gasteiger partial charge in [0, 0.05) is 29.7 Å². The first-order valence-electron chi connectivity index (χ1n) is 11.4. The van der Waals surface area contributed by atoms with Gasteiger partial charge in [-0.3, -0.25) is 19.2 Å². The second kappa shape index (κ2) is 11.9. The van der Waals surface area contributed by atoms with Crippen LogP contribution < -0.4 is 15.0 Å². The van der Waals surface area contributed by atoms with Crippen LogP contribution in [0.4, 0.5) is 36.4 Å². The minimum Gasteiger partial charge on any atom is -0.406 e. The average molecular weight is 587 g/mol. The van der Waals surface area contributed by atoms with Crippen LogP contribution in [0.3, 0.4) is 0 Å². The molecule has 0 saturated heterocycles. The summed E-state index contributed by atoms with van der Waals surface area (Å²) in [6, 6.07) is 3.06. The van der Waals surface area contributed by atoms with Gasteiger partial charge in [0.25, 0.3) is 17.4 Å². The molecule has 0 radical (unpaired) electrons. The number of amides is 2. The highest BCUT2D eigenvalue weighted by Crippen LogP contribution is 2.37. The fourth-order valence-corrected chi connectivity index (χ4v) is 4.35. The molecule has 1 N–H and O–H groups in total. The molecular formula is C23H22ClF7N4O4. The molecule has 1 aliphatic carbocycles. The molecule has 3 rings (SSSR count). The predicted octanol–water partition coefficient (Wildman–Crippen LogP) is 5.12. The van der Waals surface area contributed by atoms with E-state index < -0.39 is 53.6 Å². The van der Waals surface area contributed by atoms with E-state index in [0.29, 0.717) is 4.90 Å². The van der Waals surface area contributed by atoms with Crippen molar-refractivity contribution >= 4 is 29.1 Å². The summed E-state index contributed by atoms with van der Waals surface area (Å²) in [6.45, 7) is 1.22. The molecule has 1 aliphatic rings. The third-order valence-electron chi connectivity index (χ3n) is 6.06. The summed E-state index contributed by atoms with van der Waals surface area (Å²) in [6.07, 6.45) is -7.27. The molecule has 0 aliphatic heterocycles. The Balaban J connectivity index is 1.95. The third kappa shape index (κ3) is 7.91. The summed E-state index contributed by atoms with van der Waals surface area (Å²) in [4.78, 5) is 35.1. The third-order valence-corrected chi connectivity index (χ3v) is 6.24. The summed E-state index contributed by atoms with van der Waals surface area (Å²) < 4.78 is 97.5. The van der Waals surface area contributed by atoms with Gasteiger partial charge >= 0.3 is 12.7 Å². The van der Waals surface area contributed by atoms with Crippen LogP contribution in [0, 0.1) is 0 Å². The van der Waals surface area contributed by atoms with Crippen LogP contribution in [0.2, 0.25) is 0 Å². The molecule has 1 heterocycles. The van der Waals surface area contributed by atoms with Gasteiger partial charge in [-0.25, -0.2) is 14.4 Å². The molecule has 2 aromatic rings. The van der Waals surface area contributed by atoms with Crippen molar-refractivity contribution in [3.8, 4) is 5.75 Å². The molecule has 0 bridgehead atoms. The zero-order valence-electron chi connectivity index (χ0n) is 20.1. The minimum atomic E-state index is -5.00. The number of nitrogens with one attached hydrogen (secondary N) is 1. The number of halogens is 8. The molecule has 2 amide bonds. The number of ether oxygens (including phenoxy) is 2. The van der Waals surface area contributed by atoms with E-state index in [-0.39, 0.29) is 36.9 Å². The number of alkyl halides is 8. The lowest BCUT2D eigenvalue weighted by molar-refractivity contribution is -0.345. The van der Waals surface area contributed by atoms with Crippen molar-refractivity contribution < 1.29 is 49.8 Å². The van der Waals surface area contributed by atoms with Crippen LogP contribution >= 0.6 is 11.6 Å². The first kappa shape index (κ1) is 30.3. The zero-order valence-corrected chi connectivity index (χ0v) is 20.9. The fraction of sp³-hybridized carbons (Fsp3) is 0.478. The Kier molecular flexibility index (Phi) is 9.26. The Morgan fingerprint density at radius 2 is 1.56 bits per heavy atom. The van der Waals surface area contributed by atoms with E-state index in [1.165, 1.54) is 19.3 Å². The van der Waals surface area contributed by atoms with Crippen molar-refractivity contribution in [1.29, 1.82) is 0 Å². The summed E-state index contributed by atoms with van der Waals surface area (Å²) in [5.74, 6) is -2.96. The monoisotopic (exact) mass is 586 g/mol. The van der Waals surface area contributed by atoms with Crippen LogP contribution in [-0.4, -0.2) is 52.3 Å². The molecule has 1 fully saturated rings. The second-order valence-corrected chi connectivity index (χ2v) is 9.11. The lowest BCUT2D eigenvalue weighted by Crippen LogP contribution is -2.60. The molecule has 1 aromatic heterocycles. The SMILES string of the molecule is C[C@@](C(=O)N[C@H]1CC[C@@H](OC(F)(F)F)CC1)(c1cncnc1)N(C(=O)[C@H](F)Cl)c1ccc(OC(F)(F)F)cc1. The molecule has 214 valence electrons. The smallest absolute Gasteiger partial charge is 0.406 e. The number of hydrogen-bond donors (Lipinski definition) is 1. The number of carbonyl (C=O) groups excluding carboxylic acids is 2. The molecular weight excluding hydrogens is 565 g/mol. The van der Waals surface area contributed by atoms with E-state index in [2.05, 4.69) is 24.8 Å².